The van der Waals surface area contributed by atoms with E-state index in [4.69, 9.17) is 4.74 Å². The maximum Gasteiger partial charge on any atom is 0.302 e. The minimum atomic E-state index is -0.222. The molecular weight excluding hydrogens is 224 g/mol. The van der Waals surface area contributed by atoms with Crippen molar-refractivity contribution in [2.75, 3.05) is 6.61 Å². The molecule has 2 heteroatoms. The molecule has 0 aliphatic rings. The minimum absolute atomic E-state index is 0.222. The fraction of sp³-hybridized carbons (Fsp3) is 0.438. The van der Waals surface area contributed by atoms with Gasteiger partial charge in [0.05, 0.1) is 0 Å². The summed E-state index contributed by atoms with van der Waals surface area (Å²) in [5, 5.41) is 0. The first-order valence-electron chi connectivity index (χ1n) is 6.58. The predicted molar refractivity (Wildman–Crippen MR) is 75.3 cm³/mol. The second-order valence-corrected chi connectivity index (χ2v) is 4.39. The molecule has 0 aliphatic carbocycles. The molecule has 0 fully saturated rings. The number of carbonyl (C=O) groups excluding carboxylic acids is 1. The van der Waals surface area contributed by atoms with E-state index in [1.54, 1.807) is 0 Å². The van der Waals surface area contributed by atoms with E-state index in [0.717, 1.165) is 19.3 Å². The quantitative estimate of drug-likeness (QED) is 0.709. The third kappa shape index (κ3) is 4.74. The average Bonchev–Trinajstić information content (AvgIpc) is 2.37. The summed E-state index contributed by atoms with van der Waals surface area (Å²) in [4.78, 5) is 10.9. The van der Waals surface area contributed by atoms with Gasteiger partial charge < -0.3 is 4.74 Å². The first-order chi connectivity index (χ1) is 8.67. The standard InChI is InChI=1S/C16H22O2/c1-4-8-14(12-18-13(3)17)11-16-10-7-6-9-15(16)5-2/h6-7,9-11H,4-5,8,12H2,1-3H3. The molecule has 1 rings (SSSR count). The van der Waals surface area contributed by atoms with Crippen molar-refractivity contribution in [3.05, 3.63) is 41.0 Å². The van der Waals surface area contributed by atoms with Crippen LogP contribution in [-0.2, 0) is 16.0 Å². The Hall–Kier alpha value is -1.57. The number of aryl methyl sites for hydroxylation is 1. The lowest BCUT2D eigenvalue weighted by Crippen LogP contribution is -2.03. The van der Waals surface area contributed by atoms with E-state index < -0.39 is 0 Å². The largest absolute Gasteiger partial charge is 0.461 e. The van der Waals surface area contributed by atoms with Gasteiger partial charge >= 0.3 is 5.97 Å². The van der Waals surface area contributed by atoms with Gasteiger partial charge in [0, 0.05) is 6.92 Å². The van der Waals surface area contributed by atoms with Crippen molar-refractivity contribution >= 4 is 12.0 Å². The highest BCUT2D eigenvalue weighted by atomic mass is 16.5. The second-order valence-electron chi connectivity index (χ2n) is 4.39. The number of benzene rings is 1. The van der Waals surface area contributed by atoms with Gasteiger partial charge in [0.15, 0.2) is 0 Å². The van der Waals surface area contributed by atoms with Crippen LogP contribution in [0, 0.1) is 0 Å². The van der Waals surface area contributed by atoms with Crippen LogP contribution in [0.4, 0.5) is 0 Å². The van der Waals surface area contributed by atoms with Crippen LogP contribution in [0.25, 0.3) is 6.08 Å². The predicted octanol–water partition coefficient (Wildman–Crippen LogP) is 4.00. The third-order valence-corrected chi connectivity index (χ3v) is 2.83. The molecule has 0 saturated carbocycles. The molecule has 0 heterocycles. The Balaban J connectivity index is 2.88. The Kier molecular flexibility index (Phi) is 6.20. The Morgan fingerprint density at radius 3 is 2.61 bits per heavy atom. The minimum Gasteiger partial charge on any atom is -0.461 e. The summed E-state index contributed by atoms with van der Waals surface area (Å²) < 4.78 is 5.10. The Morgan fingerprint density at radius 1 is 1.28 bits per heavy atom. The fourth-order valence-corrected chi connectivity index (χ4v) is 1.92. The zero-order chi connectivity index (χ0) is 13.4. The Labute approximate surface area is 110 Å². The highest BCUT2D eigenvalue weighted by molar-refractivity contribution is 5.66. The van der Waals surface area contributed by atoms with Crippen LogP contribution in [-0.4, -0.2) is 12.6 Å². The summed E-state index contributed by atoms with van der Waals surface area (Å²) in [5.74, 6) is -0.222. The molecule has 18 heavy (non-hydrogen) atoms. The molecule has 0 atom stereocenters. The van der Waals surface area contributed by atoms with Crippen molar-refractivity contribution in [3.8, 4) is 0 Å². The summed E-state index contributed by atoms with van der Waals surface area (Å²) in [5.41, 5.74) is 3.73. The van der Waals surface area contributed by atoms with Crippen LogP contribution in [0.2, 0.25) is 0 Å². The molecule has 0 bridgehead atoms. The first-order valence-corrected chi connectivity index (χ1v) is 6.58. The molecule has 1 aromatic carbocycles. The Bertz CT molecular complexity index is 419. The smallest absolute Gasteiger partial charge is 0.302 e. The van der Waals surface area contributed by atoms with Crippen LogP contribution in [0.15, 0.2) is 29.8 Å². The number of rotatable bonds is 6. The van der Waals surface area contributed by atoms with Crippen molar-refractivity contribution in [2.24, 2.45) is 0 Å². The number of ether oxygens (including phenoxy) is 1. The van der Waals surface area contributed by atoms with Gasteiger partial charge in [-0.25, -0.2) is 0 Å². The van der Waals surface area contributed by atoms with Crippen LogP contribution in [0.3, 0.4) is 0 Å². The molecule has 0 amide bonds. The molecule has 0 unspecified atom stereocenters. The molecule has 98 valence electrons. The summed E-state index contributed by atoms with van der Waals surface area (Å²) in [6.07, 6.45) is 5.19. The maximum atomic E-state index is 10.9. The molecular formula is C16H22O2. The molecule has 0 radical (unpaired) electrons. The topological polar surface area (TPSA) is 26.3 Å². The zero-order valence-corrected chi connectivity index (χ0v) is 11.5. The zero-order valence-electron chi connectivity index (χ0n) is 11.5. The number of hydrogen-bond donors (Lipinski definition) is 0. The van der Waals surface area contributed by atoms with E-state index in [0.29, 0.717) is 6.61 Å². The molecule has 1 aromatic rings. The van der Waals surface area contributed by atoms with Gasteiger partial charge in [-0.3, -0.25) is 4.79 Å². The fourth-order valence-electron chi connectivity index (χ4n) is 1.92. The molecule has 0 spiro atoms. The van der Waals surface area contributed by atoms with Crippen molar-refractivity contribution in [2.45, 2.75) is 40.0 Å². The van der Waals surface area contributed by atoms with Gasteiger partial charge in [-0.1, -0.05) is 50.6 Å². The molecule has 2 nitrogen and oxygen atoms in total. The normalized spacial score (nSPS) is 11.4. The van der Waals surface area contributed by atoms with E-state index in [1.165, 1.54) is 23.6 Å². The van der Waals surface area contributed by atoms with Crippen LogP contribution >= 0.6 is 0 Å². The van der Waals surface area contributed by atoms with Crippen LogP contribution < -0.4 is 0 Å². The second kappa shape index (κ2) is 7.70. The lowest BCUT2D eigenvalue weighted by molar-refractivity contribution is -0.140. The summed E-state index contributed by atoms with van der Waals surface area (Å²) in [7, 11) is 0. The van der Waals surface area contributed by atoms with E-state index in [2.05, 4.69) is 38.1 Å². The lowest BCUT2D eigenvalue weighted by atomic mass is 10.0. The van der Waals surface area contributed by atoms with E-state index in [-0.39, 0.29) is 5.97 Å². The first kappa shape index (κ1) is 14.5. The van der Waals surface area contributed by atoms with Gasteiger partial charge in [0.2, 0.25) is 0 Å². The van der Waals surface area contributed by atoms with Crippen LogP contribution in [0.1, 0.15) is 44.7 Å². The van der Waals surface area contributed by atoms with Crippen molar-refractivity contribution in [1.29, 1.82) is 0 Å². The highest BCUT2D eigenvalue weighted by Crippen LogP contribution is 2.16. The van der Waals surface area contributed by atoms with Crippen molar-refractivity contribution in [1.82, 2.24) is 0 Å². The van der Waals surface area contributed by atoms with Gasteiger partial charge in [-0.15, -0.1) is 0 Å². The average molecular weight is 246 g/mol. The maximum absolute atomic E-state index is 10.9. The molecule has 0 saturated heterocycles. The van der Waals surface area contributed by atoms with Crippen LogP contribution in [0.5, 0.6) is 0 Å². The van der Waals surface area contributed by atoms with Gasteiger partial charge in [-0.2, -0.15) is 0 Å². The van der Waals surface area contributed by atoms with E-state index >= 15 is 0 Å². The number of esters is 1. The lowest BCUT2D eigenvalue weighted by Gasteiger charge is -2.09. The molecule has 0 aromatic heterocycles. The highest BCUT2D eigenvalue weighted by Gasteiger charge is 2.02. The van der Waals surface area contributed by atoms with Gasteiger partial charge in [0.25, 0.3) is 0 Å². The van der Waals surface area contributed by atoms with E-state index in [9.17, 15) is 4.79 Å². The summed E-state index contributed by atoms with van der Waals surface area (Å²) in [6, 6.07) is 8.35. The number of carbonyl (C=O) groups is 1. The monoisotopic (exact) mass is 246 g/mol. The summed E-state index contributed by atoms with van der Waals surface area (Å²) in [6.45, 7) is 6.14. The van der Waals surface area contributed by atoms with Crippen molar-refractivity contribution < 1.29 is 9.53 Å². The summed E-state index contributed by atoms with van der Waals surface area (Å²) >= 11 is 0. The van der Waals surface area contributed by atoms with Crippen molar-refractivity contribution in [3.63, 3.8) is 0 Å². The Morgan fingerprint density at radius 2 is 2.00 bits per heavy atom. The van der Waals surface area contributed by atoms with E-state index in [1.807, 2.05) is 6.07 Å². The van der Waals surface area contributed by atoms with Gasteiger partial charge in [-0.05, 0) is 29.5 Å². The third-order valence-electron chi connectivity index (χ3n) is 2.83. The molecule has 0 aliphatic heterocycles. The number of hydrogen-bond acceptors (Lipinski definition) is 2. The SMILES string of the molecule is CCCC(=Cc1ccccc1CC)COC(C)=O. The molecule has 0 N–H and O–H groups in total. The van der Waals surface area contributed by atoms with Gasteiger partial charge in [0.1, 0.15) is 6.61 Å².